The molecule has 0 bridgehead atoms. The van der Waals surface area contributed by atoms with Gasteiger partial charge in [-0.2, -0.15) is 0 Å². The summed E-state index contributed by atoms with van der Waals surface area (Å²) in [7, 11) is 2.00. The Morgan fingerprint density at radius 2 is 2.25 bits per heavy atom. The van der Waals surface area contributed by atoms with Crippen molar-refractivity contribution in [2.75, 3.05) is 25.5 Å². The summed E-state index contributed by atoms with van der Waals surface area (Å²) >= 11 is 0. The van der Waals surface area contributed by atoms with E-state index in [0.717, 1.165) is 6.54 Å². The molecule has 1 fully saturated rings. The fraction of sp³-hybridized carbons (Fsp3) is 0.462. The van der Waals surface area contributed by atoms with Gasteiger partial charge in [0.1, 0.15) is 5.69 Å². The highest BCUT2D eigenvalue weighted by molar-refractivity contribution is 5.96. The van der Waals surface area contributed by atoms with Gasteiger partial charge in [-0.25, -0.2) is 4.79 Å². The molecule has 0 amide bonds. The molecular weight excluding hydrogens is 262 g/mol. The SMILES string of the molecule is CN(CCNc1c(C(=O)O)cccc1[N+](=O)[O-])C1CC1. The van der Waals surface area contributed by atoms with Gasteiger partial charge in [0.2, 0.25) is 0 Å². The fourth-order valence-electron chi connectivity index (χ4n) is 2.11. The lowest BCUT2D eigenvalue weighted by molar-refractivity contribution is -0.384. The third-order valence-electron chi connectivity index (χ3n) is 3.41. The highest BCUT2D eigenvalue weighted by Crippen LogP contribution is 2.28. The van der Waals surface area contributed by atoms with Crippen molar-refractivity contribution in [1.29, 1.82) is 0 Å². The van der Waals surface area contributed by atoms with E-state index >= 15 is 0 Å². The number of carboxylic acids is 1. The zero-order valence-electron chi connectivity index (χ0n) is 11.2. The highest BCUT2D eigenvalue weighted by Gasteiger charge is 2.26. The van der Waals surface area contributed by atoms with E-state index in [4.69, 9.17) is 5.11 Å². The molecule has 0 unspecified atom stereocenters. The second kappa shape index (κ2) is 5.87. The summed E-state index contributed by atoms with van der Waals surface area (Å²) in [6, 6.07) is 4.64. The van der Waals surface area contributed by atoms with Crippen molar-refractivity contribution in [3.05, 3.63) is 33.9 Å². The van der Waals surface area contributed by atoms with Crippen LogP contribution < -0.4 is 5.32 Å². The predicted molar refractivity (Wildman–Crippen MR) is 74.2 cm³/mol. The summed E-state index contributed by atoms with van der Waals surface area (Å²) in [5.74, 6) is -1.17. The van der Waals surface area contributed by atoms with Gasteiger partial charge in [0.15, 0.2) is 0 Å². The van der Waals surface area contributed by atoms with Crippen LogP contribution in [-0.2, 0) is 0 Å². The predicted octanol–water partition coefficient (Wildman–Crippen LogP) is 1.80. The van der Waals surface area contributed by atoms with Crippen LogP contribution in [0.1, 0.15) is 23.2 Å². The number of hydrogen-bond acceptors (Lipinski definition) is 5. The molecule has 0 heterocycles. The molecule has 0 saturated heterocycles. The van der Waals surface area contributed by atoms with Crippen LogP contribution in [0.25, 0.3) is 0 Å². The Kier molecular flexibility index (Phi) is 4.19. The lowest BCUT2D eigenvalue weighted by Gasteiger charge is -2.17. The van der Waals surface area contributed by atoms with E-state index in [1.807, 2.05) is 7.05 Å². The second-order valence-corrected chi connectivity index (χ2v) is 4.90. The quantitative estimate of drug-likeness (QED) is 0.583. The van der Waals surface area contributed by atoms with Crippen molar-refractivity contribution in [3.63, 3.8) is 0 Å². The molecule has 1 aromatic carbocycles. The lowest BCUT2D eigenvalue weighted by Crippen LogP contribution is -2.27. The number of nitrogens with zero attached hydrogens (tertiary/aromatic N) is 2. The third kappa shape index (κ3) is 3.24. The fourth-order valence-corrected chi connectivity index (χ4v) is 2.11. The van der Waals surface area contributed by atoms with Crippen molar-refractivity contribution in [3.8, 4) is 0 Å². The first kappa shape index (κ1) is 14.3. The Labute approximate surface area is 116 Å². The maximum absolute atomic E-state index is 11.1. The van der Waals surface area contributed by atoms with E-state index in [1.165, 1.54) is 31.0 Å². The Hall–Kier alpha value is -2.15. The van der Waals surface area contributed by atoms with E-state index in [0.29, 0.717) is 12.6 Å². The number of rotatable bonds is 7. The number of para-hydroxylation sites is 1. The molecule has 0 aliphatic heterocycles. The standard InChI is InChI=1S/C13H17N3O4/c1-15(9-5-6-9)8-7-14-12-10(13(17)18)3-2-4-11(12)16(19)20/h2-4,9,14H,5-8H2,1H3,(H,17,18). The minimum atomic E-state index is -1.17. The highest BCUT2D eigenvalue weighted by atomic mass is 16.6. The maximum atomic E-state index is 11.1. The van der Waals surface area contributed by atoms with E-state index in [1.54, 1.807) is 0 Å². The third-order valence-corrected chi connectivity index (χ3v) is 3.41. The Balaban J connectivity index is 2.10. The minimum Gasteiger partial charge on any atom is -0.478 e. The monoisotopic (exact) mass is 279 g/mol. The molecule has 0 aromatic heterocycles. The van der Waals surface area contributed by atoms with Gasteiger partial charge in [-0.15, -0.1) is 0 Å². The first-order valence-electron chi connectivity index (χ1n) is 6.45. The van der Waals surface area contributed by atoms with Gasteiger partial charge in [-0.05, 0) is 26.0 Å². The van der Waals surface area contributed by atoms with Crippen LogP contribution in [-0.4, -0.2) is 47.1 Å². The molecule has 108 valence electrons. The van der Waals surface area contributed by atoms with E-state index in [-0.39, 0.29) is 16.9 Å². The summed E-state index contributed by atoms with van der Waals surface area (Å²) < 4.78 is 0. The molecule has 1 aliphatic rings. The minimum absolute atomic E-state index is 0.0757. The van der Waals surface area contributed by atoms with Crippen LogP contribution >= 0.6 is 0 Å². The molecule has 2 N–H and O–H groups in total. The molecule has 1 aromatic rings. The van der Waals surface area contributed by atoms with Crippen LogP contribution in [0.5, 0.6) is 0 Å². The first-order valence-corrected chi connectivity index (χ1v) is 6.45. The average molecular weight is 279 g/mol. The topological polar surface area (TPSA) is 95.7 Å². The molecule has 0 atom stereocenters. The number of hydrogen-bond donors (Lipinski definition) is 2. The molecule has 1 aliphatic carbocycles. The number of aromatic carboxylic acids is 1. The van der Waals surface area contributed by atoms with Gasteiger partial charge in [0.25, 0.3) is 5.69 Å². The number of carboxylic acid groups (broad SMARTS) is 1. The molecule has 2 rings (SSSR count). The van der Waals surface area contributed by atoms with Crippen molar-refractivity contribution >= 4 is 17.3 Å². The Bertz CT molecular complexity index is 496. The van der Waals surface area contributed by atoms with Crippen molar-refractivity contribution in [2.45, 2.75) is 18.9 Å². The molecular formula is C13H17N3O4. The molecule has 1 saturated carbocycles. The van der Waals surface area contributed by atoms with Gasteiger partial charge in [-0.3, -0.25) is 10.1 Å². The Morgan fingerprint density at radius 3 is 2.80 bits per heavy atom. The molecule has 20 heavy (non-hydrogen) atoms. The van der Waals surface area contributed by atoms with Crippen molar-refractivity contribution in [2.24, 2.45) is 0 Å². The average Bonchev–Trinajstić information content (AvgIpc) is 3.22. The molecule has 0 spiro atoms. The van der Waals surface area contributed by atoms with E-state index in [2.05, 4.69) is 10.2 Å². The van der Waals surface area contributed by atoms with E-state index < -0.39 is 10.9 Å². The maximum Gasteiger partial charge on any atom is 0.338 e. The normalized spacial score (nSPS) is 14.3. The van der Waals surface area contributed by atoms with Crippen LogP contribution in [0, 0.1) is 10.1 Å². The van der Waals surface area contributed by atoms with Crippen LogP contribution in [0.4, 0.5) is 11.4 Å². The van der Waals surface area contributed by atoms with Crippen LogP contribution in [0.3, 0.4) is 0 Å². The molecule has 7 heteroatoms. The number of nitro groups is 1. The molecule has 0 radical (unpaired) electrons. The summed E-state index contributed by atoms with van der Waals surface area (Å²) in [4.78, 5) is 23.7. The number of likely N-dealkylation sites (N-methyl/N-ethyl adjacent to an activating group) is 1. The van der Waals surface area contributed by atoms with E-state index in [9.17, 15) is 14.9 Å². The number of nitrogens with one attached hydrogen (secondary N) is 1. The van der Waals surface area contributed by atoms with Gasteiger partial charge in [0, 0.05) is 25.2 Å². The molecule has 7 nitrogen and oxygen atoms in total. The zero-order valence-corrected chi connectivity index (χ0v) is 11.2. The first-order chi connectivity index (χ1) is 9.50. The largest absolute Gasteiger partial charge is 0.478 e. The van der Waals surface area contributed by atoms with Gasteiger partial charge in [0.05, 0.1) is 10.5 Å². The smallest absolute Gasteiger partial charge is 0.338 e. The Morgan fingerprint density at radius 1 is 1.55 bits per heavy atom. The van der Waals surface area contributed by atoms with Gasteiger partial charge >= 0.3 is 5.97 Å². The summed E-state index contributed by atoms with van der Waals surface area (Å²) in [5, 5.41) is 23.0. The van der Waals surface area contributed by atoms with Gasteiger partial charge < -0.3 is 15.3 Å². The summed E-state index contributed by atoms with van der Waals surface area (Å²) in [6.45, 7) is 1.19. The van der Waals surface area contributed by atoms with Crippen LogP contribution in [0.15, 0.2) is 18.2 Å². The van der Waals surface area contributed by atoms with Crippen molar-refractivity contribution in [1.82, 2.24) is 4.90 Å². The van der Waals surface area contributed by atoms with Crippen molar-refractivity contribution < 1.29 is 14.8 Å². The lowest BCUT2D eigenvalue weighted by atomic mass is 10.1. The zero-order chi connectivity index (χ0) is 14.7. The van der Waals surface area contributed by atoms with Crippen LogP contribution in [0.2, 0.25) is 0 Å². The second-order valence-electron chi connectivity index (χ2n) is 4.90. The summed E-state index contributed by atoms with van der Waals surface area (Å²) in [5.41, 5.74) is -0.207. The summed E-state index contributed by atoms with van der Waals surface area (Å²) in [6.07, 6.45) is 2.37. The number of nitro benzene ring substituents is 1. The number of anilines is 1. The number of benzene rings is 1. The number of carbonyl (C=O) groups is 1. The van der Waals surface area contributed by atoms with Gasteiger partial charge in [-0.1, -0.05) is 6.07 Å².